The smallest absolute Gasteiger partial charge is 0.191 e. The van der Waals surface area contributed by atoms with Gasteiger partial charge in [-0.15, -0.1) is 0 Å². The van der Waals surface area contributed by atoms with Crippen molar-refractivity contribution in [1.29, 1.82) is 0 Å². The van der Waals surface area contributed by atoms with E-state index in [1.54, 1.807) is 12.4 Å². The molecular formula is C115H146N9+3. The molecule has 0 spiro atoms. The maximum absolute atomic E-state index is 4.28. The Balaban J connectivity index is 0.000000190. The van der Waals surface area contributed by atoms with Crippen molar-refractivity contribution in [2.75, 3.05) is 0 Å². The summed E-state index contributed by atoms with van der Waals surface area (Å²) in [5.41, 5.74) is 22.8. The third kappa shape index (κ3) is 29.3. The van der Waals surface area contributed by atoms with E-state index in [2.05, 4.69) is 483 Å². The molecule has 0 aliphatic heterocycles. The lowest BCUT2D eigenvalue weighted by Crippen LogP contribution is -2.33. The third-order valence-electron chi connectivity index (χ3n) is 22.6. The second-order valence-electron chi connectivity index (χ2n) is 36.1. The Kier molecular flexibility index (Phi) is 39.4. The average molecular weight is 1650 g/mol. The monoisotopic (exact) mass is 1650 g/mol. The molecule has 16 rings (SSSR count). The number of benzene rings is 9. The van der Waals surface area contributed by atoms with Crippen molar-refractivity contribution in [2.24, 2.45) is 21.1 Å². The average Bonchev–Trinajstić information content (AvgIpc) is 0.842. The van der Waals surface area contributed by atoms with E-state index in [9.17, 15) is 0 Å². The molecule has 7 aromatic heterocycles. The van der Waals surface area contributed by atoms with Crippen molar-refractivity contribution in [1.82, 2.24) is 30.4 Å². The van der Waals surface area contributed by atoms with Crippen molar-refractivity contribution in [3.63, 3.8) is 0 Å². The van der Waals surface area contributed by atoms with Crippen LogP contribution in [0.2, 0.25) is 0 Å². The van der Waals surface area contributed by atoms with Crippen LogP contribution in [-0.2, 0) is 21.1 Å². The number of hydrogen-bond acceptors (Lipinski definition) is 6. The molecule has 0 amide bonds. The first kappa shape index (κ1) is 99.6. The maximum atomic E-state index is 4.28. The molecule has 0 bridgehead atoms. The Morgan fingerprint density at radius 1 is 0.242 bits per heavy atom. The van der Waals surface area contributed by atoms with Gasteiger partial charge in [-0.2, -0.15) is 20.4 Å². The summed E-state index contributed by atoms with van der Waals surface area (Å²) in [5, 5.41) is 31.5. The molecule has 9 nitrogen and oxygen atoms in total. The van der Waals surface area contributed by atoms with Crippen molar-refractivity contribution in [3.05, 3.63) is 375 Å². The van der Waals surface area contributed by atoms with Gasteiger partial charge in [-0.3, -0.25) is 9.97 Å². The summed E-state index contributed by atoms with van der Waals surface area (Å²) in [7, 11) is 6.34. The van der Waals surface area contributed by atoms with Crippen molar-refractivity contribution >= 4 is 64.6 Å². The van der Waals surface area contributed by atoms with E-state index in [1.165, 1.54) is 154 Å². The van der Waals surface area contributed by atoms with E-state index in [0.29, 0.717) is 59.2 Å². The van der Waals surface area contributed by atoms with Crippen LogP contribution in [0.4, 0.5) is 0 Å². The number of aromatic nitrogens is 9. The molecule has 124 heavy (non-hydrogen) atoms. The van der Waals surface area contributed by atoms with Gasteiger partial charge in [0.15, 0.2) is 35.7 Å². The molecule has 648 valence electrons. The molecule has 0 unspecified atom stereocenters. The van der Waals surface area contributed by atoms with Gasteiger partial charge in [0.1, 0.15) is 21.1 Å². The van der Waals surface area contributed by atoms with Gasteiger partial charge in [-0.25, -0.2) is 13.7 Å². The van der Waals surface area contributed by atoms with Gasteiger partial charge in [0.05, 0.1) is 18.1 Å². The Morgan fingerprint density at radius 2 is 0.645 bits per heavy atom. The van der Waals surface area contributed by atoms with Crippen LogP contribution >= 0.6 is 0 Å². The SMILES string of the molecule is CC(C)c1c2ccccc2cc[n+]1C.CC(C)c1cc2ccccc2c[n+]1C.CC(C)c1cc2ccccc2c[n+]1C.Cc1cc2ccccc2cc1C(C)C.Cc1cc2ccccc2cc1C(C)C.Cc1ccc2ccccc2c1C(C)C.Cc1cccnc1C(C)C.Cc1ccnnc1C(C)C.Cc1cnccc1C(C)C.Cc1cnncc1C(C)C. The molecule has 16 aromatic rings. The second kappa shape index (κ2) is 49.1. The number of fused-ring (bicyclic) bond motifs is 6. The molecule has 7 heterocycles. The number of hydrogen-bond donors (Lipinski definition) is 0. The zero-order valence-electron chi connectivity index (χ0n) is 80.9. The summed E-state index contributed by atoms with van der Waals surface area (Å²) in [5.74, 6) is 5.72. The Labute approximate surface area is 746 Å². The molecule has 9 aromatic carbocycles. The van der Waals surface area contributed by atoms with Gasteiger partial charge >= 0.3 is 0 Å². The summed E-state index contributed by atoms with van der Waals surface area (Å²) in [4.78, 5) is 8.31. The highest BCUT2D eigenvalue weighted by Crippen LogP contribution is 2.31. The topological polar surface area (TPSA) is 89.0 Å². The zero-order chi connectivity index (χ0) is 91.0. The largest absolute Gasteiger partial charge is 0.264 e. The maximum Gasteiger partial charge on any atom is 0.191 e. The molecule has 0 N–H and O–H groups in total. The number of aryl methyl sites for hydroxylation is 10. The highest BCUT2D eigenvalue weighted by Gasteiger charge is 2.18. The van der Waals surface area contributed by atoms with Crippen molar-refractivity contribution in [3.8, 4) is 0 Å². The first-order valence-corrected chi connectivity index (χ1v) is 45.0. The fourth-order valence-corrected chi connectivity index (χ4v) is 16.2. The van der Waals surface area contributed by atoms with Crippen LogP contribution in [0.5, 0.6) is 0 Å². The molecule has 0 saturated heterocycles. The lowest BCUT2D eigenvalue weighted by atomic mass is 9.92. The summed E-state index contributed by atoms with van der Waals surface area (Å²) in [6.07, 6.45) is 17.5. The van der Waals surface area contributed by atoms with E-state index < -0.39 is 0 Å². The molecule has 0 aliphatic carbocycles. The highest BCUT2D eigenvalue weighted by molar-refractivity contribution is 5.88. The van der Waals surface area contributed by atoms with Gasteiger partial charge in [-0.1, -0.05) is 308 Å². The van der Waals surface area contributed by atoms with E-state index in [1.807, 2.05) is 36.9 Å². The fraction of sp³-hybridized carbons (Fsp3) is 0.348. The highest BCUT2D eigenvalue weighted by atomic mass is 15.1. The van der Waals surface area contributed by atoms with Crippen LogP contribution in [0.25, 0.3) is 64.6 Å². The van der Waals surface area contributed by atoms with Crippen LogP contribution in [0.3, 0.4) is 0 Å². The number of nitrogens with zero attached hydrogens (tertiary/aromatic N) is 9. The van der Waals surface area contributed by atoms with Crippen molar-refractivity contribution < 1.29 is 13.7 Å². The van der Waals surface area contributed by atoms with E-state index >= 15 is 0 Å². The quantitative estimate of drug-likeness (QED) is 0.127. The standard InChI is InChI=1S/3C14H16.3C13H16N.2C9H13N.2C8H12N2/c2*1-10(2)14-9-13-7-5-4-6-12(13)8-11(14)3;1-10(2)14-11(3)8-9-12-6-4-5-7-13(12)14;2*1-10(2)13-8-11-6-4-5-7-12(11)9-14(13)3;1-10(2)13-12-7-5-4-6-11(12)8-9-14(13)3;1-7(2)9-4-5-10-6-8(9)3;1-7(2)9-8(3)5-4-6-10-9;1-6(2)8-5-10-9-4-7(8)3;1-6(2)8-7(3)4-5-9-10-8/h6*4-10H,1-3H3;2*4-7H,1-3H3;2*4-6H,1-3H3/q;;;3*+1;;;;. The molecule has 9 heteroatoms. The molecule has 0 aliphatic rings. The molecular weight excluding hydrogens is 1510 g/mol. The number of rotatable bonds is 10. The summed E-state index contributed by atoms with van der Waals surface area (Å²) in [6, 6.07) is 79.7. The predicted molar refractivity (Wildman–Crippen MR) is 534 cm³/mol. The van der Waals surface area contributed by atoms with E-state index in [4.69, 9.17) is 0 Å². The Hall–Kier alpha value is -11.6. The van der Waals surface area contributed by atoms with Gasteiger partial charge < -0.3 is 0 Å². The van der Waals surface area contributed by atoms with E-state index in [-0.39, 0.29) is 0 Å². The Bertz CT molecular complexity index is 5340. The third-order valence-corrected chi connectivity index (χ3v) is 22.6. The van der Waals surface area contributed by atoms with Gasteiger partial charge in [0.25, 0.3) is 0 Å². The normalized spacial score (nSPS) is 10.9. The van der Waals surface area contributed by atoms with Gasteiger partial charge in [0.2, 0.25) is 0 Å². The summed E-state index contributed by atoms with van der Waals surface area (Å²) in [6.45, 7) is 59.1. The summed E-state index contributed by atoms with van der Waals surface area (Å²) >= 11 is 0. The zero-order valence-corrected chi connectivity index (χ0v) is 80.9. The van der Waals surface area contributed by atoms with Gasteiger partial charge in [0, 0.05) is 82.6 Å². The van der Waals surface area contributed by atoms with Crippen LogP contribution in [0.15, 0.2) is 280 Å². The summed E-state index contributed by atoms with van der Waals surface area (Å²) < 4.78 is 6.65. The second-order valence-corrected chi connectivity index (χ2v) is 36.1. The van der Waals surface area contributed by atoms with Crippen LogP contribution < -0.4 is 13.7 Å². The first-order chi connectivity index (χ1) is 59.0. The minimum atomic E-state index is 0.480. The van der Waals surface area contributed by atoms with E-state index in [0.717, 1.165) is 5.69 Å². The minimum absolute atomic E-state index is 0.480. The minimum Gasteiger partial charge on any atom is -0.264 e. The Morgan fingerprint density at radius 3 is 1.02 bits per heavy atom. The number of pyridine rings is 5. The first-order valence-electron chi connectivity index (χ1n) is 45.0. The fourth-order valence-electron chi connectivity index (χ4n) is 16.2. The van der Waals surface area contributed by atoms with Crippen LogP contribution in [-0.4, -0.2) is 30.4 Å². The lowest BCUT2D eigenvalue weighted by molar-refractivity contribution is -0.679. The molecule has 0 fully saturated rings. The molecule has 0 saturated carbocycles. The van der Waals surface area contributed by atoms with Gasteiger partial charge in [-0.05, 0) is 242 Å². The predicted octanol–water partition coefficient (Wildman–Crippen LogP) is 30.0. The van der Waals surface area contributed by atoms with Crippen LogP contribution in [0, 0.1) is 48.5 Å². The molecule has 0 radical (unpaired) electrons. The lowest BCUT2D eigenvalue weighted by Gasteiger charge is -2.13. The van der Waals surface area contributed by atoms with Crippen molar-refractivity contribution in [2.45, 2.75) is 246 Å². The molecule has 0 atom stereocenters. The van der Waals surface area contributed by atoms with Crippen LogP contribution in [0.1, 0.15) is 293 Å².